The van der Waals surface area contributed by atoms with Crippen LogP contribution in [-0.4, -0.2) is 22.4 Å². The maximum absolute atomic E-state index is 11.2. The Balaban J connectivity index is 2.87. The molecule has 0 bridgehead atoms. The number of carbonyl (C=O) groups excluding carboxylic acids is 1. The van der Waals surface area contributed by atoms with Crippen LogP contribution in [0.4, 0.5) is 0 Å². The van der Waals surface area contributed by atoms with Crippen LogP contribution in [0.25, 0.3) is 0 Å². The van der Waals surface area contributed by atoms with E-state index in [-0.39, 0.29) is 17.9 Å². The van der Waals surface area contributed by atoms with Gasteiger partial charge in [-0.05, 0) is 5.92 Å². The second-order valence-electron chi connectivity index (χ2n) is 3.07. The molecule has 1 amide bonds. The van der Waals surface area contributed by atoms with Gasteiger partial charge in [0.15, 0.2) is 0 Å². The predicted molar refractivity (Wildman–Crippen MR) is 43.3 cm³/mol. The molecule has 0 aromatic heterocycles. The van der Waals surface area contributed by atoms with E-state index in [4.69, 9.17) is 0 Å². The topological polar surface area (TPSA) is 58.5 Å². The lowest BCUT2D eigenvalue weighted by Crippen LogP contribution is -2.36. The van der Waals surface area contributed by atoms with E-state index in [9.17, 15) is 9.00 Å². The maximum Gasteiger partial charge on any atom is 0.273 e. The SMILES string of the molecule is CC(C)C1NS(C)(=O)=NC1=O. The molecule has 0 aliphatic carbocycles. The highest BCUT2D eigenvalue weighted by Gasteiger charge is 2.30. The lowest BCUT2D eigenvalue weighted by atomic mass is 10.1. The molecule has 0 saturated heterocycles. The van der Waals surface area contributed by atoms with E-state index in [1.165, 1.54) is 6.26 Å². The van der Waals surface area contributed by atoms with E-state index < -0.39 is 9.92 Å². The Morgan fingerprint density at radius 3 is 2.36 bits per heavy atom. The van der Waals surface area contributed by atoms with Crippen molar-refractivity contribution in [3.8, 4) is 0 Å². The van der Waals surface area contributed by atoms with Gasteiger partial charge in [-0.25, -0.2) is 8.93 Å². The molecular weight excluding hydrogens is 164 g/mol. The van der Waals surface area contributed by atoms with E-state index in [2.05, 4.69) is 9.08 Å². The molecule has 4 nitrogen and oxygen atoms in total. The van der Waals surface area contributed by atoms with Gasteiger partial charge in [0.05, 0.1) is 0 Å². The molecule has 5 heteroatoms. The van der Waals surface area contributed by atoms with Crippen LogP contribution in [0.15, 0.2) is 4.36 Å². The van der Waals surface area contributed by atoms with Crippen LogP contribution in [-0.2, 0) is 14.7 Å². The third kappa shape index (κ3) is 1.78. The summed E-state index contributed by atoms with van der Waals surface area (Å²) in [6.07, 6.45) is 1.44. The van der Waals surface area contributed by atoms with Crippen LogP contribution in [0.2, 0.25) is 0 Å². The number of amides is 1. The highest BCUT2D eigenvalue weighted by atomic mass is 32.2. The molecule has 1 aliphatic heterocycles. The van der Waals surface area contributed by atoms with E-state index in [0.29, 0.717) is 0 Å². The summed E-state index contributed by atoms with van der Waals surface area (Å²) in [7, 11) is -2.41. The summed E-state index contributed by atoms with van der Waals surface area (Å²) in [6.45, 7) is 3.79. The van der Waals surface area contributed by atoms with Crippen molar-refractivity contribution < 1.29 is 9.00 Å². The zero-order valence-corrected chi connectivity index (χ0v) is 7.64. The molecule has 64 valence electrons. The fourth-order valence-corrected chi connectivity index (χ4v) is 2.32. The van der Waals surface area contributed by atoms with Gasteiger partial charge in [-0.15, -0.1) is 4.36 Å². The van der Waals surface area contributed by atoms with Crippen LogP contribution in [0.5, 0.6) is 0 Å². The molecule has 0 spiro atoms. The van der Waals surface area contributed by atoms with E-state index in [1.54, 1.807) is 0 Å². The number of nitrogens with one attached hydrogen (secondary N) is 1. The zero-order valence-electron chi connectivity index (χ0n) is 6.83. The summed E-state index contributed by atoms with van der Waals surface area (Å²) in [6, 6.07) is -0.354. The Morgan fingerprint density at radius 1 is 1.64 bits per heavy atom. The lowest BCUT2D eigenvalue weighted by Gasteiger charge is -2.10. The fourth-order valence-electron chi connectivity index (χ4n) is 0.962. The molecule has 0 saturated carbocycles. The first-order chi connectivity index (χ1) is 4.92. The predicted octanol–water partition coefficient (Wildman–Crippen LogP) is 0.154. The van der Waals surface area contributed by atoms with E-state index in [0.717, 1.165) is 0 Å². The molecule has 1 N–H and O–H groups in total. The lowest BCUT2D eigenvalue weighted by molar-refractivity contribution is -0.119. The highest BCUT2D eigenvalue weighted by molar-refractivity contribution is 7.91. The summed E-state index contributed by atoms with van der Waals surface area (Å²) in [4.78, 5) is 11.0. The quantitative estimate of drug-likeness (QED) is 0.618. The molecule has 0 aromatic rings. The monoisotopic (exact) mass is 176 g/mol. The minimum atomic E-state index is -2.41. The fraction of sp³-hybridized carbons (Fsp3) is 0.833. The first kappa shape index (κ1) is 8.67. The minimum absolute atomic E-state index is 0.148. The van der Waals surface area contributed by atoms with E-state index in [1.807, 2.05) is 13.8 Å². The average molecular weight is 176 g/mol. The van der Waals surface area contributed by atoms with Crippen molar-refractivity contribution in [2.45, 2.75) is 19.9 Å². The summed E-state index contributed by atoms with van der Waals surface area (Å²) < 4.78 is 17.4. The van der Waals surface area contributed by atoms with Crippen molar-refractivity contribution in [2.24, 2.45) is 10.3 Å². The van der Waals surface area contributed by atoms with Gasteiger partial charge >= 0.3 is 0 Å². The highest BCUT2D eigenvalue weighted by Crippen LogP contribution is 2.11. The minimum Gasteiger partial charge on any atom is -0.270 e. The largest absolute Gasteiger partial charge is 0.273 e. The second kappa shape index (κ2) is 2.57. The van der Waals surface area contributed by atoms with Crippen molar-refractivity contribution in [2.75, 3.05) is 6.26 Å². The molecule has 0 fully saturated rings. The third-order valence-corrected chi connectivity index (χ3v) is 2.76. The van der Waals surface area contributed by atoms with Crippen LogP contribution in [0, 0.1) is 5.92 Å². The van der Waals surface area contributed by atoms with Gasteiger partial charge in [0.25, 0.3) is 5.91 Å². The van der Waals surface area contributed by atoms with Gasteiger partial charge in [0.1, 0.15) is 16.0 Å². The normalized spacial score (nSPS) is 37.8. The Kier molecular flexibility index (Phi) is 2.02. The Hall–Kier alpha value is -0.420. The van der Waals surface area contributed by atoms with Gasteiger partial charge in [0, 0.05) is 6.26 Å². The van der Waals surface area contributed by atoms with Crippen LogP contribution < -0.4 is 4.72 Å². The Bertz CT molecular complexity index is 289. The Labute approximate surface area is 66.7 Å². The van der Waals surface area contributed by atoms with Gasteiger partial charge in [-0.2, -0.15) is 0 Å². The molecule has 0 aromatic carbocycles. The van der Waals surface area contributed by atoms with Crippen LogP contribution in [0.1, 0.15) is 13.8 Å². The number of hydrogen-bond donors (Lipinski definition) is 1. The maximum atomic E-state index is 11.2. The molecular formula is C6H12N2O2S. The number of carbonyl (C=O) groups is 1. The molecule has 0 radical (unpaired) electrons. The van der Waals surface area contributed by atoms with Gasteiger partial charge in [-0.1, -0.05) is 13.8 Å². The zero-order chi connectivity index (χ0) is 8.65. The van der Waals surface area contributed by atoms with Crippen molar-refractivity contribution >= 4 is 15.8 Å². The number of nitrogens with zero attached hydrogens (tertiary/aromatic N) is 1. The first-order valence-corrected chi connectivity index (χ1v) is 5.38. The number of rotatable bonds is 1. The summed E-state index contributed by atoms with van der Waals surface area (Å²) in [5.74, 6) is -0.137. The van der Waals surface area contributed by atoms with Crippen molar-refractivity contribution in [1.29, 1.82) is 0 Å². The third-order valence-electron chi connectivity index (χ3n) is 1.54. The van der Waals surface area contributed by atoms with Crippen LogP contribution >= 0.6 is 0 Å². The van der Waals surface area contributed by atoms with Crippen molar-refractivity contribution in [3.63, 3.8) is 0 Å². The van der Waals surface area contributed by atoms with Gasteiger partial charge in [0.2, 0.25) is 0 Å². The van der Waals surface area contributed by atoms with Gasteiger partial charge < -0.3 is 0 Å². The van der Waals surface area contributed by atoms with Gasteiger partial charge in [-0.3, -0.25) is 4.79 Å². The van der Waals surface area contributed by atoms with Crippen molar-refractivity contribution in [1.82, 2.24) is 4.72 Å². The van der Waals surface area contributed by atoms with Crippen LogP contribution in [0.3, 0.4) is 0 Å². The molecule has 2 unspecified atom stereocenters. The smallest absolute Gasteiger partial charge is 0.270 e. The molecule has 11 heavy (non-hydrogen) atoms. The van der Waals surface area contributed by atoms with Crippen molar-refractivity contribution in [3.05, 3.63) is 0 Å². The first-order valence-electron chi connectivity index (χ1n) is 3.45. The molecule has 1 aliphatic rings. The standard InChI is InChI=1S/C6H12N2O2S/c1-4(2)5-6(9)8-11(3,10)7-5/h4-5H,1-3H3,(H,7,8,9,10). The van der Waals surface area contributed by atoms with E-state index >= 15 is 0 Å². The molecule has 1 rings (SSSR count). The summed E-state index contributed by atoms with van der Waals surface area (Å²) in [5.41, 5.74) is 0. The average Bonchev–Trinajstić information content (AvgIpc) is 2.05. The summed E-state index contributed by atoms with van der Waals surface area (Å²) >= 11 is 0. The molecule has 1 heterocycles. The number of hydrogen-bond acceptors (Lipinski definition) is 2. The summed E-state index contributed by atoms with van der Waals surface area (Å²) in [5, 5.41) is 0. The second-order valence-corrected chi connectivity index (χ2v) is 5.09. The Morgan fingerprint density at radius 2 is 2.18 bits per heavy atom. The molecule has 2 atom stereocenters.